The number of rotatable bonds is 10. The van der Waals surface area contributed by atoms with E-state index in [1.165, 1.54) is 52.6 Å². The highest BCUT2D eigenvalue weighted by Gasteiger charge is 2.50. The van der Waals surface area contributed by atoms with Gasteiger partial charge in [-0.1, -0.05) is 115 Å². The Balaban J connectivity index is 0.863. The summed E-state index contributed by atoms with van der Waals surface area (Å²) in [5.41, 5.74) is 13.6. The van der Waals surface area contributed by atoms with Crippen molar-refractivity contribution in [3.63, 3.8) is 0 Å². The molecule has 76 heavy (non-hydrogen) atoms. The summed E-state index contributed by atoms with van der Waals surface area (Å²) in [6.07, 6.45) is 14.2. The molecule has 4 heterocycles. The molecule has 14 nitrogen and oxygen atoms in total. The van der Waals surface area contributed by atoms with Crippen LogP contribution in [0.2, 0.25) is 0 Å². The molecular weight excluding hydrogens is 949 g/mol. The van der Waals surface area contributed by atoms with E-state index in [1.54, 1.807) is 14.1 Å². The molecule has 0 spiro atoms. The van der Waals surface area contributed by atoms with Crippen molar-refractivity contribution in [3.8, 4) is 22.3 Å². The van der Waals surface area contributed by atoms with Crippen LogP contribution in [-0.4, -0.2) is 91.9 Å². The van der Waals surface area contributed by atoms with E-state index in [-0.39, 0.29) is 65.8 Å². The van der Waals surface area contributed by atoms with Crippen LogP contribution in [0.3, 0.4) is 0 Å². The van der Waals surface area contributed by atoms with Gasteiger partial charge in [0.1, 0.15) is 23.7 Å². The molecule has 0 radical (unpaired) electrons. The van der Waals surface area contributed by atoms with Crippen molar-refractivity contribution >= 4 is 45.9 Å². The SMILES string of the molecule is CNC(=O)N[C@H](C(=O)N1[C@H](c2nc3ccc(-c4cc5ccc4C[C@@H](C)c4ccc(c(-c6ccc7nc([C@@H]8C[C@@H]9CCCC[C@@H]9N8C(=O)[C@@H](NC(=O)NC)C(C)C)[nH]c7c6)c4)CC5)cc3[nH]2)C[C@@H]2CCCCC[C@@H]21)C(C)C. The average molecular weight is 1030 g/mol. The number of urea groups is 2. The second kappa shape index (κ2) is 21.4. The predicted molar refractivity (Wildman–Crippen MR) is 300 cm³/mol. The van der Waals surface area contributed by atoms with Gasteiger partial charge in [-0.05, 0) is 156 Å². The molecule has 9 atom stereocenters. The van der Waals surface area contributed by atoms with Gasteiger partial charge in [-0.2, -0.15) is 0 Å². The van der Waals surface area contributed by atoms with Crippen molar-refractivity contribution in [2.24, 2.45) is 23.7 Å². The van der Waals surface area contributed by atoms with Gasteiger partial charge < -0.3 is 41.0 Å². The molecule has 4 fully saturated rings. The molecule has 4 aromatic carbocycles. The summed E-state index contributed by atoms with van der Waals surface area (Å²) in [4.78, 5) is 76.4. The maximum absolute atomic E-state index is 14.7. The predicted octanol–water partition coefficient (Wildman–Crippen LogP) is 11.2. The first-order valence-electron chi connectivity index (χ1n) is 28.6. The normalized spacial score (nSPS) is 24.2. The number of nitrogens with zero attached hydrogens (tertiary/aromatic N) is 4. The summed E-state index contributed by atoms with van der Waals surface area (Å²) in [7, 11) is 3.17. The van der Waals surface area contributed by atoms with Crippen LogP contribution in [0.15, 0.2) is 72.8 Å². The van der Waals surface area contributed by atoms with Gasteiger partial charge in [0.25, 0.3) is 0 Å². The molecule has 4 bridgehead atoms. The van der Waals surface area contributed by atoms with Crippen molar-refractivity contribution in [3.05, 3.63) is 107 Å². The maximum Gasteiger partial charge on any atom is 0.315 e. The van der Waals surface area contributed by atoms with Crippen molar-refractivity contribution in [1.82, 2.24) is 51.0 Å². The second-order valence-electron chi connectivity index (χ2n) is 23.7. The van der Waals surface area contributed by atoms with Crippen LogP contribution in [0.4, 0.5) is 9.59 Å². The van der Waals surface area contributed by atoms with Crippen molar-refractivity contribution < 1.29 is 19.2 Å². The largest absolute Gasteiger partial charge is 0.341 e. The molecule has 6 aliphatic carbocycles. The lowest BCUT2D eigenvalue weighted by Crippen LogP contribution is -2.55. The Morgan fingerprint density at radius 2 is 1.08 bits per heavy atom. The number of imidazole rings is 2. The van der Waals surface area contributed by atoms with Gasteiger partial charge in [0.2, 0.25) is 11.8 Å². The number of aryl methyl sites for hydroxylation is 2. The molecule has 0 unspecified atom stereocenters. The average Bonchev–Trinajstić information content (AvgIpc) is 4.19. The summed E-state index contributed by atoms with van der Waals surface area (Å²) in [6.45, 7) is 10.3. The molecule has 400 valence electrons. The number of hydrogen-bond acceptors (Lipinski definition) is 6. The number of hydrogen-bond donors (Lipinski definition) is 6. The van der Waals surface area contributed by atoms with E-state index in [2.05, 4.69) is 121 Å². The Bertz CT molecular complexity index is 3160. The van der Waals surface area contributed by atoms with E-state index >= 15 is 0 Å². The molecule has 6 N–H and O–H groups in total. The topological polar surface area (TPSA) is 180 Å². The quantitative estimate of drug-likeness (QED) is 0.0794. The molecule has 2 aromatic heterocycles. The Morgan fingerprint density at radius 1 is 0.579 bits per heavy atom. The van der Waals surface area contributed by atoms with Gasteiger partial charge in [0, 0.05) is 26.2 Å². The van der Waals surface area contributed by atoms with Gasteiger partial charge in [-0.15, -0.1) is 0 Å². The highest BCUT2D eigenvalue weighted by molar-refractivity contribution is 5.90. The van der Waals surface area contributed by atoms with E-state index < -0.39 is 12.1 Å². The molecule has 2 saturated carbocycles. The number of likely N-dealkylation sites (tertiary alicyclic amines) is 2. The van der Waals surface area contributed by atoms with Gasteiger partial charge in [0.05, 0.1) is 34.2 Å². The first-order chi connectivity index (χ1) is 36.8. The smallest absolute Gasteiger partial charge is 0.315 e. The first-order valence-corrected chi connectivity index (χ1v) is 28.6. The third kappa shape index (κ3) is 9.85. The second-order valence-corrected chi connectivity index (χ2v) is 23.7. The number of amides is 6. The van der Waals surface area contributed by atoms with E-state index in [9.17, 15) is 19.2 Å². The number of carbonyl (C=O) groups excluding carboxylic acids is 4. The number of nitrogens with one attached hydrogen (secondary N) is 6. The van der Waals surface area contributed by atoms with Crippen LogP contribution in [0.5, 0.6) is 0 Å². The molecule has 6 amide bonds. The molecule has 8 aliphatic rings. The zero-order chi connectivity index (χ0) is 52.9. The minimum atomic E-state index is -0.637. The molecule has 6 aromatic rings. The van der Waals surface area contributed by atoms with Crippen LogP contribution in [0.25, 0.3) is 44.3 Å². The van der Waals surface area contributed by atoms with Gasteiger partial charge >= 0.3 is 12.1 Å². The number of carbonyl (C=O) groups is 4. The molecule has 2 saturated heterocycles. The number of aromatic nitrogens is 4. The number of benzene rings is 4. The zero-order valence-electron chi connectivity index (χ0n) is 45.6. The third-order valence-corrected chi connectivity index (χ3v) is 18.2. The lowest BCUT2D eigenvalue weighted by Gasteiger charge is -2.36. The fraction of sp³-hybridized carbons (Fsp3) is 0.516. The van der Waals surface area contributed by atoms with Crippen molar-refractivity contribution in [2.45, 2.75) is 167 Å². The summed E-state index contributed by atoms with van der Waals surface area (Å²) in [5.74, 6) is 2.49. The van der Waals surface area contributed by atoms with Gasteiger partial charge in [-0.3, -0.25) is 9.59 Å². The molecule has 14 heteroatoms. The minimum absolute atomic E-state index is 0.0219. The van der Waals surface area contributed by atoms with Gasteiger partial charge in [0.15, 0.2) is 0 Å². The summed E-state index contributed by atoms with van der Waals surface area (Å²) in [5, 5.41) is 11.2. The molecular formula is C62H78N10O4. The lowest BCUT2D eigenvalue weighted by molar-refractivity contribution is -0.139. The van der Waals surface area contributed by atoms with Crippen LogP contribution >= 0.6 is 0 Å². The lowest BCUT2D eigenvalue weighted by atomic mass is 9.84. The highest BCUT2D eigenvalue weighted by atomic mass is 16.2. The fourth-order valence-corrected chi connectivity index (χ4v) is 14.0. The van der Waals surface area contributed by atoms with Crippen LogP contribution in [-0.2, 0) is 28.9 Å². The van der Waals surface area contributed by atoms with Crippen LogP contribution in [0, 0.1) is 23.7 Å². The van der Waals surface area contributed by atoms with Gasteiger partial charge in [-0.25, -0.2) is 19.6 Å². The maximum atomic E-state index is 14.7. The Kier molecular flexibility index (Phi) is 14.5. The van der Waals surface area contributed by atoms with Crippen molar-refractivity contribution in [2.75, 3.05) is 14.1 Å². The van der Waals surface area contributed by atoms with Crippen LogP contribution < -0.4 is 21.3 Å². The van der Waals surface area contributed by atoms with E-state index in [1.807, 2.05) is 27.7 Å². The first kappa shape index (κ1) is 51.4. The monoisotopic (exact) mass is 1030 g/mol. The number of H-pyrrole nitrogens is 2. The van der Waals surface area contributed by atoms with E-state index in [0.29, 0.717) is 11.8 Å². The zero-order valence-corrected chi connectivity index (χ0v) is 45.6. The third-order valence-electron chi connectivity index (χ3n) is 18.2. The molecule has 14 rings (SSSR count). The summed E-state index contributed by atoms with van der Waals surface area (Å²) in [6, 6.07) is 25.2. The van der Waals surface area contributed by atoms with Crippen LogP contribution in [0.1, 0.15) is 157 Å². The number of aromatic amines is 2. The van der Waals surface area contributed by atoms with Crippen molar-refractivity contribution in [1.29, 1.82) is 0 Å². The fourth-order valence-electron chi connectivity index (χ4n) is 14.0. The standard InChI is InChI=1S/C62H78N10O4/c1-34(2)55(69-61(75)63-6)59(73)71-51-15-10-8-9-13-43(51)32-53(71)57-65-47-25-23-41(30-49(47)67-57)45-28-37-17-19-38-21-22-39(36(5)27-40(45)20-18-37)29-46(38)42-24-26-48-50(31-42)68-58(66-48)54-33-44-14-11-12-16-52(44)72(54)60(74)56(35(3)4)70-62(76)64-7/h18,20-26,28-31,34-36,43-44,51-56H,8-17,19,27,32-33H2,1-7H3,(H,65,67)(H,66,68)(H2,63,69,75)(H2,64,70,76)/t36-,43+,44+,51+,52+,53+,54+,55+,56+/m1/s1. The Labute approximate surface area is 447 Å². The molecule has 2 aliphatic heterocycles. The minimum Gasteiger partial charge on any atom is -0.341 e. The number of fused-ring (bicyclic) bond motifs is 4. The Hall–Kier alpha value is -6.70. The summed E-state index contributed by atoms with van der Waals surface area (Å²) < 4.78 is 0. The van der Waals surface area contributed by atoms with E-state index in [4.69, 9.17) is 9.97 Å². The summed E-state index contributed by atoms with van der Waals surface area (Å²) >= 11 is 0. The Morgan fingerprint density at radius 3 is 1.62 bits per heavy atom. The highest BCUT2D eigenvalue weighted by Crippen LogP contribution is 2.48. The van der Waals surface area contributed by atoms with E-state index in [0.717, 1.165) is 115 Å².